The lowest BCUT2D eigenvalue weighted by Gasteiger charge is -2.37. The second-order valence-electron chi connectivity index (χ2n) is 8.43. The molecule has 1 unspecified atom stereocenters. The van der Waals surface area contributed by atoms with E-state index >= 15 is 0 Å². The predicted octanol–water partition coefficient (Wildman–Crippen LogP) is 3.79. The molecule has 0 saturated carbocycles. The smallest absolute Gasteiger partial charge is 0.256 e. The Morgan fingerprint density at radius 3 is 2.26 bits per heavy atom. The van der Waals surface area contributed by atoms with Crippen LogP contribution in [0.2, 0.25) is 5.02 Å². The molecule has 0 bridgehead atoms. The number of halogens is 4. The Balaban J connectivity index is 1.64. The number of hydrogen-bond acceptors (Lipinski definition) is 6. The van der Waals surface area contributed by atoms with E-state index in [0.717, 1.165) is 30.3 Å². The Morgan fingerprint density at radius 2 is 1.69 bits per heavy atom. The number of rotatable bonds is 4. The van der Waals surface area contributed by atoms with Crippen LogP contribution in [0.4, 0.5) is 18.9 Å². The summed E-state index contributed by atoms with van der Waals surface area (Å²) in [6.07, 6.45) is 0.202. The van der Waals surface area contributed by atoms with Crippen LogP contribution in [0.15, 0.2) is 35.9 Å². The zero-order valence-electron chi connectivity index (χ0n) is 18.8. The van der Waals surface area contributed by atoms with Crippen LogP contribution < -0.4 is 10.2 Å². The summed E-state index contributed by atoms with van der Waals surface area (Å²) >= 11 is 6.40. The fourth-order valence-corrected chi connectivity index (χ4v) is 5.83. The number of carbonyl (C=O) groups excluding carboxylic acids is 1. The molecule has 2 N–H and O–H groups in total. The van der Waals surface area contributed by atoms with Gasteiger partial charge in [0.05, 0.1) is 28.0 Å². The summed E-state index contributed by atoms with van der Waals surface area (Å²) in [7, 11) is -1.69. The van der Waals surface area contributed by atoms with Gasteiger partial charge in [0.25, 0.3) is 5.91 Å². The van der Waals surface area contributed by atoms with Gasteiger partial charge in [-0.25, -0.2) is 21.6 Å². The van der Waals surface area contributed by atoms with Crippen LogP contribution in [-0.4, -0.2) is 56.3 Å². The van der Waals surface area contributed by atoms with Gasteiger partial charge in [-0.05, 0) is 37.6 Å². The van der Waals surface area contributed by atoms with E-state index in [1.54, 1.807) is 14.0 Å². The van der Waals surface area contributed by atoms with E-state index in [-0.39, 0.29) is 52.3 Å². The van der Waals surface area contributed by atoms with E-state index < -0.39 is 39.2 Å². The maximum Gasteiger partial charge on any atom is 0.256 e. The van der Waals surface area contributed by atoms with Crippen molar-refractivity contribution in [2.45, 2.75) is 19.4 Å². The van der Waals surface area contributed by atoms with Crippen molar-refractivity contribution >= 4 is 44.4 Å². The van der Waals surface area contributed by atoms with Crippen LogP contribution in [0.25, 0.3) is 5.70 Å². The number of nitrogens with one attached hydrogen (secondary N) is 2. The number of amides is 1. The van der Waals surface area contributed by atoms with Crippen LogP contribution >= 0.6 is 11.6 Å². The van der Waals surface area contributed by atoms with Gasteiger partial charge in [0.1, 0.15) is 29.2 Å². The first-order chi connectivity index (χ1) is 16.4. The highest BCUT2D eigenvalue weighted by molar-refractivity contribution is 7.93. The molecule has 0 aliphatic carbocycles. The number of piperidine rings is 1. The third kappa shape index (κ3) is 4.74. The summed E-state index contributed by atoms with van der Waals surface area (Å²) in [5, 5.41) is 11.5. The normalized spacial score (nSPS) is 21.0. The van der Waals surface area contributed by atoms with E-state index in [2.05, 4.69) is 5.32 Å². The Morgan fingerprint density at radius 1 is 1.09 bits per heavy atom. The minimum absolute atomic E-state index is 0.0557. The van der Waals surface area contributed by atoms with E-state index in [9.17, 15) is 26.4 Å². The first kappa shape index (κ1) is 25.1. The number of sulfone groups is 1. The lowest BCUT2D eigenvalue weighted by molar-refractivity contribution is 0.0728. The van der Waals surface area contributed by atoms with E-state index in [1.807, 2.05) is 0 Å². The molecule has 1 amide bonds. The molecular weight excluding hydrogens is 505 g/mol. The maximum atomic E-state index is 14.4. The molecule has 0 spiro atoms. The number of hydrogen-bond donors (Lipinski definition) is 2. The summed E-state index contributed by atoms with van der Waals surface area (Å²) in [5.41, 5.74) is 1.12. The summed E-state index contributed by atoms with van der Waals surface area (Å²) < 4.78 is 65.0. The zero-order chi connectivity index (χ0) is 25.7. The second-order valence-corrected chi connectivity index (χ2v) is 10.8. The van der Waals surface area contributed by atoms with Gasteiger partial charge in [0.15, 0.2) is 9.84 Å². The number of likely N-dealkylation sites (tertiary alicyclic amines) is 1. The largest absolute Gasteiger partial charge is 0.387 e. The Kier molecular flexibility index (Phi) is 6.58. The van der Waals surface area contributed by atoms with Crippen molar-refractivity contribution in [3.8, 4) is 0 Å². The zero-order valence-corrected chi connectivity index (χ0v) is 20.4. The Hall–Kier alpha value is -3.05. The standard InChI is InChI=1S/C23H22ClF3N4O3S/c1-12-21(28)17(22(29-2)13-5-14(25)7-15(26)6-13)3-4-31(12)23(32)18-8-16(27)9-19(20(18)24)30-10-35(33,34)11-30/h5-9,12,28-29H,3-4,10-11H2,1-2H3/b22-17-,28-21?. The van der Waals surface area contributed by atoms with Gasteiger partial charge in [-0.3, -0.25) is 4.79 Å². The van der Waals surface area contributed by atoms with E-state index in [0.29, 0.717) is 11.3 Å². The molecule has 0 radical (unpaired) electrons. The number of anilines is 1. The van der Waals surface area contributed by atoms with Gasteiger partial charge in [-0.1, -0.05) is 11.6 Å². The molecule has 7 nitrogen and oxygen atoms in total. The van der Waals surface area contributed by atoms with Crippen molar-refractivity contribution in [3.63, 3.8) is 0 Å². The summed E-state index contributed by atoms with van der Waals surface area (Å²) in [6.45, 7) is 1.76. The molecule has 4 rings (SSSR count). The van der Waals surface area contributed by atoms with Crippen LogP contribution in [-0.2, 0) is 9.84 Å². The van der Waals surface area contributed by atoms with Gasteiger partial charge in [-0.15, -0.1) is 0 Å². The first-order valence-electron chi connectivity index (χ1n) is 10.6. The molecule has 12 heteroatoms. The molecule has 1 atom stereocenters. The van der Waals surface area contributed by atoms with Crippen LogP contribution in [0.1, 0.15) is 29.3 Å². The third-order valence-electron chi connectivity index (χ3n) is 6.07. The van der Waals surface area contributed by atoms with Gasteiger partial charge < -0.3 is 20.5 Å². The van der Waals surface area contributed by atoms with Crippen LogP contribution in [0, 0.1) is 22.9 Å². The van der Waals surface area contributed by atoms with Crippen molar-refractivity contribution in [3.05, 3.63) is 69.5 Å². The minimum Gasteiger partial charge on any atom is -0.387 e. The lowest BCUT2D eigenvalue weighted by Crippen LogP contribution is -2.49. The summed E-state index contributed by atoms with van der Waals surface area (Å²) in [5.74, 6) is -3.52. The average Bonchev–Trinajstić information content (AvgIpc) is 2.76. The fraction of sp³-hybridized carbons (Fsp3) is 0.304. The molecular formula is C23H22ClF3N4O3S. The number of nitrogens with zero attached hydrogens (tertiary/aromatic N) is 2. The van der Waals surface area contributed by atoms with Gasteiger partial charge in [0.2, 0.25) is 0 Å². The number of carbonyl (C=O) groups is 1. The van der Waals surface area contributed by atoms with Crippen LogP contribution in [0.5, 0.6) is 0 Å². The molecule has 2 aliphatic heterocycles. The Bertz CT molecular complexity index is 1350. The lowest BCUT2D eigenvalue weighted by atomic mass is 9.90. The van der Waals surface area contributed by atoms with Gasteiger partial charge in [0, 0.05) is 36.5 Å². The predicted molar refractivity (Wildman–Crippen MR) is 128 cm³/mol. The van der Waals surface area contributed by atoms with Crippen molar-refractivity contribution in [2.24, 2.45) is 0 Å². The third-order valence-corrected chi connectivity index (χ3v) is 7.88. The van der Waals surface area contributed by atoms with Crippen molar-refractivity contribution in [1.82, 2.24) is 10.2 Å². The summed E-state index contributed by atoms with van der Waals surface area (Å²) in [6, 6.07) is 4.37. The number of benzene rings is 2. The highest BCUT2D eigenvalue weighted by atomic mass is 35.5. The SMILES string of the molecule is CN/C(=C1/CCN(C(=O)c2cc(F)cc(N3CS(=O)(=O)C3)c2Cl)C(C)C1=N)c1cc(F)cc(F)c1. The molecule has 2 aliphatic rings. The molecule has 2 aromatic carbocycles. The average molecular weight is 527 g/mol. The second kappa shape index (κ2) is 9.19. The molecule has 2 saturated heterocycles. The van der Waals surface area contributed by atoms with Crippen molar-refractivity contribution < 1.29 is 26.4 Å². The molecule has 186 valence electrons. The van der Waals surface area contributed by atoms with Gasteiger partial charge in [-0.2, -0.15) is 0 Å². The fourth-order valence-electron chi connectivity index (χ4n) is 4.36. The molecule has 2 heterocycles. The Labute approximate surface area is 205 Å². The first-order valence-corrected chi connectivity index (χ1v) is 12.8. The van der Waals surface area contributed by atoms with Gasteiger partial charge >= 0.3 is 0 Å². The topological polar surface area (TPSA) is 93.6 Å². The molecule has 35 heavy (non-hydrogen) atoms. The summed E-state index contributed by atoms with van der Waals surface area (Å²) in [4.78, 5) is 16.1. The molecule has 2 fully saturated rings. The monoisotopic (exact) mass is 526 g/mol. The van der Waals surface area contributed by atoms with E-state index in [4.69, 9.17) is 17.0 Å². The quantitative estimate of drug-likeness (QED) is 0.632. The highest BCUT2D eigenvalue weighted by Gasteiger charge is 2.36. The molecule has 2 aromatic rings. The molecule has 0 aromatic heterocycles. The van der Waals surface area contributed by atoms with Crippen molar-refractivity contribution in [2.75, 3.05) is 30.2 Å². The van der Waals surface area contributed by atoms with Crippen molar-refractivity contribution in [1.29, 1.82) is 5.41 Å². The minimum atomic E-state index is -3.26. The van der Waals surface area contributed by atoms with E-state index in [1.165, 1.54) is 9.80 Å². The maximum absolute atomic E-state index is 14.4. The highest BCUT2D eigenvalue weighted by Crippen LogP contribution is 2.36. The van der Waals surface area contributed by atoms with Crippen LogP contribution in [0.3, 0.4) is 0 Å².